The van der Waals surface area contributed by atoms with Crippen molar-refractivity contribution in [3.63, 3.8) is 0 Å². The maximum atomic E-state index is 12.6. The molecular weight excluding hydrogens is 247 g/mol. The average molecular weight is 249 g/mol. The minimum atomic E-state index is -6.42. The van der Waals surface area contributed by atoms with Crippen molar-refractivity contribution < 1.29 is 30.7 Å². The Labute approximate surface area is 83.8 Å². The molecule has 0 aromatic heterocycles. The first-order chi connectivity index (χ1) is 6.87. The highest BCUT2D eigenvalue weighted by molar-refractivity contribution is 5.18. The van der Waals surface area contributed by atoms with Crippen molar-refractivity contribution in [3.8, 4) is 12.1 Å². The number of hydrogen-bond donors (Lipinski definition) is 1. The molecule has 0 radical (unpaired) electrons. The summed E-state index contributed by atoms with van der Waals surface area (Å²) in [5.41, 5.74) is 3.83. The van der Waals surface area contributed by atoms with Crippen LogP contribution in [0.15, 0.2) is 0 Å². The van der Waals surface area contributed by atoms with Crippen LogP contribution in [0.5, 0.6) is 0 Å². The summed E-state index contributed by atoms with van der Waals surface area (Å²) in [6.07, 6.45) is 0. The number of nitrogens with zero attached hydrogens (tertiary/aromatic N) is 2. The van der Waals surface area contributed by atoms with Crippen LogP contribution in [0.3, 0.4) is 0 Å². The Morgan fingerprint density at radius 1 is 0.750 bits per heavy atom. The van der Waals surface area contributed by atoms with Crippen LogP contribution in [0.4, 0.5) is 30.7 Å². The van der Waals surface area contributed by atoms with Crippen LogP contribution in [0.2, 0.25) is 0 Å². The zero-order chi connectivity index (χ0) is 13.4. The highest BCUT2D eigenvalue weighted by Gasteiger charge is 2.79. The van der Waals surface area contributed by atoms with Gasteiger partial charge in [0.05, 0.1) is 0 Å². The summed E-state index contributed by atoms with van der Waals surface area (Å²) in [4.78, 5) is 0. The fourth-order valence-electron chi connectivity index (χ4n) is 0.566. The summed E-state index contributed by atoms with van der Waals surface area (Å²) >= 11 is 0. The van der Waals surface area contributed by atoms with Gasteiger partial charge in [-0.15, -0.1) is 0 Å². The number of hydrogen-bond acceptors (Lipinski definition) is 3. The molecule has 2 N–H and O–H groups in total. The van der Waals surface area contributed by atoms with Crippen molar-refractivity contribution in [1.29, 1.82) is 10.5 Å². The van der Waals surface area contributed by atoms with Gasteiger partial charge in [-0.3, -0.25) is 5.73 Å². The van der Waals surface area contributed by atoms with Gasteiger partial charge in [0.15, 0.2) is 0 Å². The molecule has 0 rings (SSSR count). The van der Waals surface area contributed by atoms with Gasteiger partial charge < -0.3 is 0 Å². The molecule has 0 aromatic rings. The Bertz CT molecular complexity index is 325. The van der Waals surface area contributed by atoms with Crippen LogP contribution in [-0.2, 0) is 0 Å². The molecule has 0 heterocycles. The van der Waals surface area contributed by atoms with Gasteiger partial charge in [0.2, 0.25) is 0 Å². The molecule has 0 aliphatic rings. The lowest BCUT2D eigenvalue weighted by molar-refractivity contribution is -0.318. The van der Waals surface area contributed by atoms with Crippen molar-refractivity contribution in [1.82, 2.24) is 0 Å². The summed E-state index contributed by atoms with van der Waals surface area (Å²) < 4.78 is 86.9. The standard InChI is InChI=1S/C6H2F7N3/c7-3(8,1-14)5(10,11)6(12,13)4(9,16)2-15/h16H2. The van der Waals surface area contributed by atoms with E-state index in [1.165, 1.54) is 0 Å². The van der Waals surface area contributed by atoms with Crippen molar-refractivity contribution in [2.24, 2.45) is 5.73 Å². The molecule has 0 amide bonds. The molecule has 10 heteroatoms. The van der Waals surface area contributed by atoms with Crippen molar-refractivity contribution >= 4 is 0 Å². The lowest BCUT2D eigenvalue weighted by Gasteiger charge is -2.32. The molecular formula is C6H2F7N3. The van der Waals surface area contributed by atoms with E-state index in [1.54, 1.807) is 0 Å². The molecule has 0 spiro atoms. The van der Waals surface area contributed by atoms with Gasteiger partial charge in [-0.25, -0.2) is 4.39 Å². The van der Waals surface area contributed by atoms with E-state index in [4.69, 9.17) is 10.5 Å². The zero-order valence-electron chi connectivity index (χ0n) is 7.12. The van der Waals surface area contributed by atoms with Crippen LogP contribution < -0.4 is 5.73 Å². The second kappa shape index (κ2) is 3.49. The third kappa shape index (κ3) is 1.65. The first-order valence-corrected chi connectivity index (χ1v) is 3.31. The second-order valence-electron chi connectivity index (χ2n) is 2.66. The molecule has 16 heavy (non-hydrogen) atoms. The van der Waals surface area contributed by atoms with E-state index < -0.39 is 29.6 Å². The van der Waals surface area contributed by atoms with Crippen molar-refractivity contribution in [2.75, 3.05) is 0 Å². The monoisotopic (exact) mass is 249 g/mol. The lowest BCUT2D eigenvalue weighted by atomic mass is 9.98. The fourth-order valence-corrected chi connectivity index (χ4v) is 0.566. The number of rotatable bonds is 3. The van der Waals surface area contributed by atoms with E-state index in [0.29, 0.717) is 0 Å². The van der Waals surface area contributed by atoms with Crippen LogP contribution in [-0.4, -0.2) is 23.6 Å². The molecule has 0 bridgehead atoms. The maximum absolute atomic E-state index is 12.6. The highest BCUT2D eigenvalue weighted by Crippen LogP contribution is 2.49. The van der Waals surface area contributed by atoms with Gasteiger partial charge >= 0.3 is 23.6 Å². The van der Waals surface area contributed by atoms with E-state index in [2.05, 4.69) is 5.73 Å². The quantitative estimate of drug-likeness (QED) is 0.609. The number of nitrogens with two attached hydrogens (primary N) is 1. The van der Waals surface area contributed by atoms with Gasteiger partial charge in [-0.05, 0) is 0 Å². The van der Waals surface area contributed by atoms with E-state index >= 15 is 0 Å². The minimum Gasteiger partial charge on any atom is -0.281 e. The van der Waals surface area contributed by atoms with Crippen LogP contribution in [0.25, 0.3) is 0 Å². The summed E-state index contributed by atoms with van der Waals surface area (Å²) in [7, 11) is 0. The minimum absolute atomic E-state index is 0.0777. The van der Waals surface area contributed by atoms with Crippen molar-refractivity contribution in [3.05, 3.63) is 0 Å². The number of alkyl halides is 7. The molecule has 0 fully saturated rings. The van der Waals surface area contributed by atoms with Crippen LogP contribution in [0, 0.1) is 22.7 Å². The summed E-state index contributed by atoms with van der Waals surface area (Å²) in [5, 5.41) is 15.3. The predicted octanol–water partition coefficient (Wildman–Crippen LogP) is 1.56. The van der Waals surface area contributed by atoms with Gasteiger partial charge in [-0.1, -0.05) is 0 Å². The first kappa shape index (κ1) is 14.5. The Morgan fingerprint density at radius 3 is 1.38 bits per heavy atom. The molecule has 1 unspecified atom stereocenters. The molecule has 0 saturated heterocycles. The average Bonchev–Trinajstić information content (AvgIpc) is 2.16. The second-order valence-corrected chi connectivity index (χ2v) is 2.66. The number of halogens is 7. The van der Waals surface area contributed by atoms with E-state index in [1.807, 2.05) is 0 Å². The highest BCUT2D eigenvalue weighted by atomic mass is 19.3. The van der Waals surface area contributed by atoms with Gasteiger partial charge in [0, 0.05) is 0 Å². The van der Waals surface area contributed by atoms with E-state index in [9.17, 15) is 30.7 Å². The fraction of sp³-hybridized carbons (Fsp3) is 0.667. The number of nitriles is 2. The Kier molecular flexibility index (Phi) is 3.15. The Morgan fingerprint density at radius 2 is 1.12 bits per heavy atom. The predicted molar refractivity (Wildman–Crippen MR) is 34.1 cm³/mol. The Hall–Kier alpha value is -1.55. The topological polar surface area (TPSA) is 73.6 Å². The molecule has 0 aliphatic carbocycles. The van der Waals surface area contributed by atoms with Gasteiger partial charge in [-0.2, -0.15) is 36.9 Å². The third-order valence-electron chi connectivity index (χ3n) is 1.55. The molecule has 0 saturated carbocycles. The maximum Gasteiger partial charge on any atom is 0.400 e. The van der Waals surface area contributed by atoms with Crippen LogP contribution in [0.1, 0.15) is 0 Å². The van der Waals surface area contributed by atoms with Crippen molar-refractivity contribution in [2.45, 2.75) is 23.6 Å². The molecule has 0 aromatic carbocycles. The molecule has 0 aliphatic heterocycles. The molecule has 90 valence electrons. The first-order valence-electron chi connectivity index (χ1n) is 3.31. The molecule has 3 nitrogen and oxygen atoms in total. The van der Waals surface area contributed by atoms with E-state index in [-0.39, 0.29) is 6.07 Å². The summed E-state index contributed by atoms with van der Waals surface area (Å²) in [6.45, 7) is 0. The smallest absolute Gasteiger partial charge is 0.281 e. The summed E-state index contributed by atoms with van der Waals surface area (Å²) in [6, 6.07) is -0.489. The van der Waals surface area contributed by atoms with Crippen LogP contribution >= 0.6 is 0 Å². The van der Waals surface area contributed by atoms with Gasteiger partial charge in [0.25, 0.3) is 0 Å². The normalized spacial score (nSPS) is 17.1. The lowest BCUT2D eigenvalue weighted by Crippen LogP contribution is -2.66. The molecule has 1 atom stereocenters. The summed E-state index contributed by atoms with van der Waals surface area (Å²) in [5.74, 6) is -23.6. The zero-order valence-corrected chi connectivity index (χ0v) is 7.12. The van der Waals surface area contributed by atoms with Gasteiger partial charge in [0.1, 0.15) is 12.1 Å². The Balaban J connectivity index is 5.70. The largest absolute Gasteiger partial charge is 0.400 e. The third-order valence-corrected chi connectivity index (χ3v) is 1.55. The van der Waals surface area contributed by atoms with E-state index in [0.717, 1.165) is 0 Å². The SMILES string of the molecule is N#CC(N)(F)C(F)(F)C(F)(F)C(F)(F)C#N.